The minimum absolute atomic E-state index is 0.124. The van der Waals surface area contributed by atoms with Crippen molar-refractivity contribution in [3.05, 3.63) is 35.5 Å². The molecule has 6 heteroatoms. The Morgan fingerprint density at radius 3 is 2.94 bits per heavy atom. The van der Waals surface area contributed by atoms with Gasteiger partial charge >= 0.3 is 0 Å². The number of hydrogen-bond acceptors (Lipinski definition) is 4. The molecule has 0 bridgehead atoms. The van der Waals surface area contributed by atoms with E-state index in [9.17, 15) is 0 Å². The van der Waals surface area contributed by atoms with Crippen LogP contribution in [0.1, 0.15) is 5.01 Å². The monoisotopic (exact) mass is 260 g/mol. The van der Waals surface area contributed by atoms with E-state index in [-0.39, 0.29) is 5.11 Å². The molecule has 2 aromatic rings. The standard InChI is InChI=1S/C11H8N4S2/c12-5-7(6-14-11(13)16)10-15-8-3-1-2-4-9(8)17-10/h1-4,6H,(H3,13,14,16). The Morgan fingerprint density at radius 1 is 1.53 bits per heavy atom. The van der Waals surface area contributed by atoms with Gasteiger partial charge in [-0.05, 0) is 24.4 Å². The highest BCUT2D eigenvalue weighted by molar-refractivity contribution is 7.80. The SMILES string of the molecule is N#CC(=CNC(N)=S)c1nc2ccccc2s1. The number of allylic oxidation sites excluding steroid dienone is 1. The summed E-state index contributed by atoms with van der Waals surface area (Å²) in [5.74, 6) is 0. The smallest absolute Gasteiger partial charge is 0.167 e. The molecule has 0 atom stereocenters. The van der Waals surface area contributed by atoms with Gasteiger partial charge in [0.1, 0.15) is 16.6 Å². The van der Waals surface area contributed by atoms with Crippen LogP contribution in [-0.4, -0.2) is 10.1 Å². The molecule has 0 aliphatic heterocycles. The second kappa shape index (κ2) is 4.91. The van der Waals surface area contributed by atoms with Crippen LogP contribution < -0.4 is 11.1 Å². The number of thiazole rings is 1. The Hall–Kier alpha value is -1.97. The Labute approximate surface area is 107 Å². The van der Waals surface area contributed by atoms with E-state index < -0.39 is 0 Å². The fourth-order valence-electron chi connectivity index (χ4n) is 1.27. The quantitative estimate of drug-likeness (QED) is 0.638. The molecule has 1 aromatic heterocycles. The summed E-state index contributed by atoms with van der Waals surface area (Å²) in [7, 11) is 0. The van der Waals surface area contributed by atoms with Crippen molar-refractivity contribution in [1.29, 1.82) is 5.26 Å². The minimum atomic E-state index is 0.124. The molecule has 4 nitrogen and oxygen atoms in total. The summed E-state index contributed by atoms with van der Waals surface area (Å²) in [6.45, 7) is 0. The maximum Gasteiger partial charge on any atom is 0.167 e. The van der Waals surface area contributed by atoms with Crippen LogP contribution in [0, 0.1) is 11.3 Å². The number of nitrogens with zero attached hydrogens (tertiary/aromatic N) is 2. The summed E-state index contributed by atoms with van der Waals surface area (Å²) in [5.41, 5.74) is 6.59. The van der Waals surface area contributed by atoms with Crippen molar-refractivity contribution < 1.29 is 0 Å². The van der Waals surface area contributed by atoms with Crippen molar-refractivity contribution >= 4 is 44.5 Å². The highest BCUT2D eigenvalue weighted by Gasteiger charge is 2.07. The summed E-state index contributed by atoms with van der Waals surface area (Å²) in [5, 5.41) is 12.4. The lowest BCUT2D eigenvalue weighted by Gasteiger charge is -1.95. The van der Waals surface area contributed by atoms with Crippen LogP contribution in [0.3, 0.4) is 0 Å². The van der Waals surface area contributed by atoms with E-state index in [1.807, 2.05) is 24.3 Å². The first-order valence-corrected chi connectivity index (χ1v) is 5.95. The number of aromatic nitrogens is 1. The van der Waals surface area contributed by atoms with Gasteiger partial charge in [-0.1, -0.05) is 12.1 Å². The van der Waals surface area contributed by atoms with Gasteiger partial charge in [-0.3, -0.25) is 0 Å². The topological polar surface area (TPSA) is 74.7 Å². The minimum Gasteiger partial charge on any atom is -0.376 e. The second-order valence-corrected chi connectivity index (χ2v) is 4.64. The molecule has 17 heavy (non-hydrogen) atoms. The van der Waals surface area contributed by atoms with Crippen LogP contribution in [-0.2, 0) is 0 Å². The number of nitrogens with two attached hydrogens (primary N) is 1. The lowest BCUT2D eigenvalue weighted by atomic mass is 10.3. The second-order valence-electron chi connectivity index (χ2n) is 3.17. The van der Waals surface area contributed by atoms with Crippen LogP contribution in [0.5, 0.6) is 0 Å². The molecular formula is C11H8N4S2. The molecule has 0 aliphatic carbocycles. The van der Waals surface area contributed by atoms with Crippen molar-refractivity contribution in [3.63, 3.8) is 0 Å². The summed E-state index contributed by atoms with van der Waals surface area (Å²) in [4.78, 5) is 4.37. The molecule has 1 heterocycles. The van der Waals surface area contributed by atoms with Gasteiger partial charge < -0.3 is 11.1 Å². The molecule has 0 aliphatic rings. The van der Waals surface area contributed by atoms with Crippen LogP contribution in [0.25, 0.3) is 15.8 Å². The van der Waals surface area contributed by atoms with Gasteiger partial charge in [0, 0.05) is 6.20 Å². The third kappa shape index (κ3) is 2.58. The summed E-state index contributed by atoms with van der Waals surface area (Å²) in [6.07, 6.45) is 1.47. The van der Waals surface area contributed by atoms with Gasteiger partial charge in [-0.2, -0.15) is 5.26 Å². The normalized spacial score (nSPS) is 11.1. The van der Waals surface area contributed by atoms with Crippen molar-refractivity contribution in [2.24, 2.45) is 5.73 Å². The number of para-hydroxylation sites is 1. The van der Waals surface area contributed by atoms with Crippen molar-refractivity contribution in [2.45, 2.75) is 0 Å². The molecule has 0 fully saturated rings. The number of fused-ring (bicyclic) bond motifs is 1. The number of benzene rings is 1. The molecule has 0 spiro atoms. The van der Waals surface area contributed by atoms with Crippen LogP contribution in [0.15, 0.2) is 30.5 Å². The van der Waals surface area contributed by atoms with E-state index >= 15 is 0 Å². The number of nitrogens with one attached hydrogen (secondary N) is 1. The van der Waals surface area contributed by atoms with E-state index in [2.05, 4.69) is 28.6 Å². The fourth-order valence-corrected chi connectivity index (χ4v) is 2.26. The average molecular weight is 260 g/mol. The Kier molecular flexibility index (Phi) is 3.32. The zero-order chi connectivity index (χ0) is 12.3. The van der Waals surface area contributed by atoms with Crippen molar-refractivity contribution in [1.82, 2.24) is 10.3 Å². The number of hydrogen-bond donors (Lipinski definition) is 2. The first kappa shape index (κ1) is 11.5. The molecule has 0 amide bonds. The molecular weight excluding hydrogens is 252 g/mol. The molecule has 0 saturated heterocycles. The van der Waals surface area contributed by atoms with Gasteiger partial charge in [0.25, 0.3) is 0 Å². The third-order valence-corrected chi connectivity index (χ3v) is 3.19. The van der Waals surface area contributed by atoms with Crippen molar-refractivity contribution in [2.75, 3.05) is 0 Å². The highest BCUT2D eigenvalue weighted by atomic mass is 32.1. The largest absolute Gasteiger partial charge is 0.376 e. The first-order chi connectivity index (χ1) is 8.20. The summed E-state index contributed by atoms with van der Waals surface area (Å²) < 4.78 is 1.04. The zero-order valence-corrected chi connectivity index (χ0v) is 10.3. The van der Waals surface area contributed by atoms with E-state index in [4.69, 9.17) is 11.0 Å². The van der Waals surface area contributed by atoms with E-state index in [1.165, 1.54) is 17.5 Å². The van der Waals surface area contributed by atoms with Gasteiger partial charge in [0.15, 0.2) is 5.11 Å². The Bertz CT molecular complexity index is 603. The maximum atomic E-state index is 9.04. The molecule has 84 valence electrons. The lowest BCUT2D eigenvalue weighted by molar-refractivity contribution is 1.28. The number of thiocarbonyl (C=S) groups is 1. The molecule has 2 rings (SSSR count). The summed E-state index contributed by atoms with van der Waals surface area (Å²) in [6, 6.07) is 9.79. The van der Waals surface area contributed by atoms with Crippen LogP contribution in [0.4, 0.5) is 0 Å². The maximum absolute atomic E-state index is 9.04. The molecule has 0 unspecified atom stereocenters. The highest BCUT2D eigenvalue weighted by Crippen LogP contribution is 2.26. The van der Waals surface area contributed by atoms with Gasteiger partial charge in [0.05, 0.1) is 10.2 Å². The molecule has 3 N–H and O–H groups in total. The lowest BCUT2D eigenvalue weighted by Crippen LogP contribution is -2.24. The molecule has 0 saturated carbocycles. The van der Waals surface area contributed by atoms with E-state index in [0.29, 0.717) is 10.6 Å². The number of nitriles is 1. The molecule has 0 radical (unpaired) electrons. The number of rotatable bonds is 2. The van der Waals surface area contributed by atoms with E-state index in [0.717, 1.165) is 10.2 Å². The first-order valence-electron chi connectivity index (χ1n) is 4.73. The predicted octanol–water partition coefficient (Wildman–Crippen LogP) is 1.99. The fraction of sp³-hybridized carbons (Fsp3) is 0. The van der Waals surface area contributed by atoms with Gasteiger partial charge in [0.2, 0.25) is 0 Å². The van der Waals surface area contributed by atoms with Crippen molar-refractivity contribution in [3.8, 4) is 6.07 Å². The van der Waals surface area contributed by atoms with Gasteiger partial charge in [-0.15, -0.1) is 11.3 Å². The van der Waals surface area contributed by atoms with Crippen LogP contribution in [0.2, 0.25) is 0 Å². The Balaban J connectivity index is 2.41. The summed E-state index contributed by atoms with van der Waals surface area (Å²) >= 11 is 6.13. The zero-order valence-electron chi connectivity index (χ0n) is 8.68. The third-order valence-electron chi connectivity index (χ3n) is 2.00. The average Bonchev–Trinajstić information content (AvgIpc) is 2.72. The van der Waals surface area contributed by atoms with Crippen LogP contribution >= 0.6 is 23.6 Å². The predicted molar refractivity (Wildman–Crippen MR) is 73.1 cm³/mol. The van der Waals surface area contributed by atoms with E-state index in [1.54, 1.807) is 0 Å². The Morgan fingerprint density at radius 2 is 2.29 bits per heavy atom. The van der Waals surface area contributed by atoms with Gasteiger partial charge in [-0.25, -0.2) is 4.98 Å². The molecule has 1 aromatic carbocycles.